The van der Waals surface area contributed by atoms with E-state index in [1.807, 2.05) is 62.4 Å². The number of amides is 4. The van der Waals surface area contributed by atoms with Crippen molar-refractivity contribution in [2.75, 3.05) is 4.90 Å². The van der Waals surface area contributed by atoms with Gasteiger partial charge in [0, 0.05) is 15.9 Å². The highest BCUT2D eigenvalue weighted by Crippen LogP contribution is 2.29. The van der Waals surface area contributed by atoms with Crippen molar-refractivity contribution in [2.45, 2.75) is 20.3 Å². The van der Waals surface area contributed by atoms with E-state index in [0.717, 1.165) is 31.6 Å². The summed E-state index contributed by atoms with van der Waals surface area (Å²) >= 11 is 9.85. The van der Waals surface area contributed by atoms with Gasteiger partial charge in [-0.1, -0.05) is 70.0 Å². The minimum absolute atomic E-state index is 0.110. The number of nitrogens with one attached hydrogen (secondary N) is 1. The van der Waals surface area contributed by atoms with Crippen molar-refractivity contribution in [1.82, 2.24) is 5.32 Å². The van der Waals surface area contributed by atoms with Crippen LogP contribution in [0.15, 0.2) is 70.7 Å². The second-order valence-electron chi connectivity index (χ2n) is 7.80. The number of barbiturate groups is 1. The van der Waals surface area contributed by atoms with Crippen molar-refractivity contribution in [2.24, 2.45) is 0 Å². The highest BCUT2D eigenvalue weighted by molar-refractivity contribution is 9.10. The molecule has 4 amide bonds. The molecule has 1 aliphatic heterocycles. The van der Waals surface area contributed by atoms with Crippen LogP contribution in [0.5, 0.6) is 0 Å². The first-order valence-electron chi connectivity index (χ1n) is 10.3. The van der Waals surface area contributed by atoms with Crippen LogP contribution in [-0.2, 0) is 16.0 Å². The van der Waals surface area contributed by atoms with Crippen LogP contribution in [0.1, 0.15) is 27.8 Å². The molecule has 4 rings (SSSR count). The summed E-state index contributed by atoms with van der Waals surface area (Å²) < 4.78 is 0.822. The highest BCUT2D eigenvalue weighted by Gasteiger charge is 2.37. The van der Waals surface area contributed by atoms with E-state index in [1.54, 1.807) is 12.1 Å². The molecule has 1 aliphatic rings. The summed E-state index contributed by atoms with van der Waals surface area (Å²) in [6, 6.07) is 17.8. The van der Waals surface area contributed by atoms with Gasteiger partial charge in [-0.2, -0.15) is 0 Å². The lowest BCUT2D eigenvalue weighted by atomic mass is 10.0. The molecule has 33 heavy (non-hydrogen) atoms. The molecular weight excluding hydrogens is 504 g/mol. The Morgan fingerprint density at radius 1 is 0.970 bits per heavy atom. The largest absolute Gasteiger partial charge is 0.335 e. The molecule has 5 nitrogen and oxygen atoms in total. The lowest BCUT2D eigenvalue weighted by Gasteiger charge is -2.28. The maximum absolute atomic E-state index is 13.2. The molecule has 0 spiro atoms. The summed E-state index contributed by atoms with van der Waals surface area (Å²) in [5.41, 5.74) is 4.73. The van der Waals surface area contributed by atoms with Crippen LogP contribution in [0.4, 0.5) is 10.5 Å². The Hall–Kier alpha value is -3.22. The van der Waals surface area contributed by atoms with E-state index in [0.29, 0.717) is 22.7 Å². The monoisotopic (exact) mass is 522 g/mol. The number of aryl methyl sites for hydroxylation is 1. The van der Waals surface area contributed by atoms with E-state index in [-0.39, 0.29) is 5.57 Å². The van der Waals surface area contributed by atoms with Crippen LogP contribution in [0.3, 0.4) is 0 Å². The number of benzene rings is 3. The number of halogens is 2. The Kier molecular flexibility index (Phi) is 6.49. The summed E-state index contributed by atoms with van der Waals surface area (Å²) in [4.78, 5) is 39.2. The molecule has 0 unspecified atom stereocenters. The van der Waals surface area contributed by atoms with Crippen LogP contribution in [-0.4, -0.2) is 17.8 Å². The zero-order chi connectivity index (χ0) is 23.7. The van der Waals surface area contributed by atoms with E-state index < -0.39 is 17.8 Å². The molecule has 1 saturated heterocycles. The normalized spacial score (nSPS) is 15.2. The average Bonchev–Trinajstić information content (AvgIpc) is 2.77. The van der Waals surface area contributed by atoms with Gasteiger partial charge in [-0.15, -0.1) is 0 Å². The molecule has 3 aromatic rings. The predicted octanol–water partition coefficient (Wildman–Crippen LogP) is 5.98. The lowest BCUT2D eigenvalue weighted by molar-refractivity contribution is -0.122. The minimum Gasteiger partial charge on any atom is -0.273 e. The minimum atomic E-state index is -0.757. The van der Waals surface area contributed by atoms with Gasteiger partial charge in [0.25, 0.3) is 11.8 Å². The molecule has 0 atom stereocenters. The number of carbonyl (C=O) groups excluding carboxylic acids is 3. The Morgan fingerprint density at radius 3 is 2.45 bits per heavy atom. The van der Waals surface area contributed by atoms with E-state index in [4.69, 9.17) is 11.6 Å². The number of anilines is 1. The SMILES string of the molecule is Cc1cccc(N2C(=O)NC(=O)/C(=C\c3ccc(Cc4ccccc4Cl)c(Br)c3)C2=O)c1C. The number of nitrogens with zero attached hydrogens (tertiary/aromatic N) is 1. The summed E-state index contributed by atoms with van der Waals surface area (Å²) in [5, 5.41) is 2.96. The van der Waals surface area contributed by atoms with Gasteiger partial charge in [0.05, 0.1) is 5.69 Å². The van der Waals surface area contributed by atoms with Crippen molar-refractivity contribution in [3.63, 3.8) is 0 Å². The summed E-state index contributed by atoms with van der Waals surface area (Å²) in [6.07, 6.45) is 2.12. The van der Waals surface area contributed by atoms with Crippen molar-refractivity contribution in [1.29, 1.82) is 0 Å². The number of carbonyl (C=O) groups is 3. The van der Waals surface area contributed by atoms with Gasteiger partial charge in [-0.25, -0.2) is 9.69 Å². The van der Waals surface area contributed by atoms with Crippen LogP contribution < -0.4 is 10.2 Å². The van der Waals surface area contributed by atoms with Gasteiger partial charge in [-0.3, -0.25) is 14.9 Å². The van der Waals surface area contributed by atoms with Crippen molar-refractivity contribution < 1.29 is 14.4 Å². The second-order valence-corrected chi connectivity index (χ2v) is 9.06. The zero-order valence-electron chi connectivity index (χ0n) is 18.0. The number of rotatable bonds is 4. The van der Waals surface area contributed by atoms with Gasteiger partial charge in [0.1, 0.15) is 5.57 Å². The molecule has 1 heterocycles. The fourth-order valence-corrected chi connectivity index (χ4v) is 4.40. The molecule has 166 valence electrons. The summed E-state index contributed by atoms with van der Waals surface area (Å²) in [6.45, 7) is 3.73. The Bertz CT molecular complexity index is 1330. The number of urea groups is 1. The first-order valence-corrected chi connectivity index (χ1v) is 11.4. The molecular formula is C26H20BrClN2O3. The Labute approximate surface area is 205 Å². The van der Waals surface area contributed by atoms with Crippen molar-refractivity contribution >= 4 is 57.1 Å². The third kappa shape index (κ3) is 4.63. The highest BCUT2D eigenvalue weighted by atomic mass is 79.9. The van der Waals surface area contributed by atoms with Gasteiger partial charge >= 0.3 is 6.03 Å². The van der Waals surface area contributed by atoms with Crippen LogP contribution in [0.2, 0.25) is 5.02 Å². The van der Waals surface area contributed by atoms with Crippen molar-refractivity contribution in [3.05, 3.63) is 104 Å². The maximum Gasteiger partial charge on any atom is 0.335 e. The van der Waals surface area contributed by atoms with E-state index in [1.165, 1.54) is 6.08 Å². The fourth-order valence-electron chi connectivity index (χ4n) is 3.66. The smallest absolute Gasteiger partial charge is 0.273 e. The van der Waals surface area contributed by atoms with E-state index in [2.05, 4.69) is 21.2 Å². The predicted molar refractivity (Wildman–Crippen MR) is 133 cm³/mol. The third-order valence-electron chi connectivity index (χ3n) is 5.65. The molecule has 1 N–H and O–H groups in total. The Balaban J connectivity index is 1.66. The molecule has 3 aromatic carbocycles. The molecule has 0 aliphatic carbocycles. The van der Waals surface area contributed by atoms with E-state index >= 15 is 0 Å². The van der Waals surface area contributed by atoms with Crippen LogP contribution >= 0.6 is 27.5 Å². The van der Waals surface area contributed by atoms with Gasteiger partial charge in [0.15, 0.2) is 0 Å². The molecule has 0 radical (unpaired) electrons. The molecule has 0 aromatic heterocycles. The number of hydrogen-bond donors (Lipinski definition) is 1. The van der Waals surface area contributed by atoms with Crippen LogP contribution in [0.25, 0.3) is 6.08 Å². The second kappa shape index (κ2) is 9.33. The topological polar surface area (TPSA) is 66.5 Å². The Morgan fingerprint density at radius 2 is 1.73 bits per heavy atom. The average molecular weight is 524 g/mol. The summed E-state index contributed by atoms with van der Waals surface area (Å²) in [5.74, 6) is -1.38. The molecule has 7 heteroatoms. The lowest BCUT2D eigenvalue weighted by Crippen LogP contribution is -2.54. The summed E-state index contributed by atoms with van der Waals surface area (Å²) in [7, 11) is 0. The van der Waals surface area contributed by atoms with E-state index in [9.17, 15) is 14.4 Å². The zero-order valence-corrected chi connectivity index (χ0v) is 20.3. The van der Waals surface area contributed by atoms with Gasteiger partial charge < -0.3 is 0 Å². The molecule has 0 bridgehead atoms. The first-order chi connectivity index (χ1) is 15.8. The first kappa shape index (κ1) is 23.0. The third-order valence-corrected chi connectivity index (χ3v) is 6.75. The quantitative estimate of drug-likeness (QED) is 0.338. The van der Waals surface area contributed by atoms with Gasteiger partial charge in [0.2, 0.25) is 0 Å². The molecule has 1 fully saturated rings. The standard InChI is InChI=1S/C26H20BrClN2O3/c1-15-6-5-9-23(16(15)2)30-25(32)20(24(31)29-26(30)33)12-17-10-11-18(21(27)13-17)14-19-7-3-4-8-22(19)28/h3-13H,14H2,1-2H3,(H,29,31,33)/b20-12+. The number of hydrogen-bond acceptors (Lipinski definition) is 3. The van der Waals surface area contributed by atoms with Gasteiger partial charge in [-0.05, 0) is 65.9 Å². The van der Waals surface area contributed by atoms with Crippen LogP contribution in [0, 0.1) is 13.8 Å². The molecule has 0 saturated carbocycles. The maximum atomic E-state index is 13.2. The fraction of sp³-hybridized carbons (Fsp3) is 0.115. The van der Waals surface area contributed by atoms with Crippen molar-refractivity contribution in [3.8, 4) is 0 Å². The number of imide groups is 2.